The van der Waals surface area contributed by atoms with Crippen LogP contribution < -0.4 is 10.1 Å². The number of nitrogens with zero attached hydrogens (tertiary/aromatic N) is 3. The van der Waals surface area contributed by atoms with E-state index in [1.165, 1.54) is 0 Å². The topological polar surface area (TPSA) is 59.4 Å². The Labute approximate surface area is 124 Å². The highest BCUT2D eigenvalue weighted by Gasteiger charge is 2.11. The van der Waals surface area contributed by atoms with Crippen LogP contribution in [0.5, 0.6) is 5.75 Å². The van der Waals surface area contributed by atoms with Crippen LogP contribution in [0.15, 0.2) is 36.5 Å². The lowest BCUT2D eigenvalue weighted by Crippen LogP contribution is -2.31. The van der Waals surface area contributed by atoms with Crippen LogP contribution >= 0.6 is 0 Å². The van der Waals surface area contributed by atoms with E-state index >= 15 is 0 Å². The number of carbonyl (C=O) groups is 1. The van der Waals surface area contributed by atoms with Gasteiger partial charge < -0.3 is 15.0 Å². The van der Waals surface area contributed by atoms with E-state index in [-0.39, 0.29) is 6.03 Å². The summed E-state index contributed by atoms with van der Waals surface area (Å²) in [4.78, 5) is 13.8. The summed E-state index contributed by atoms with van der Waals surface area (Å²) >= 11 is 0. The first-order valence-corrected chi connectivity index (χ1v) is 6.81. The molecular weight excluding hydrogens is 268 g/mol. The number of anilines is 1. The molecule has 1 heterocycles. The molecule has 112 valence electrons. The number of hydrogen-bond donors (Lipinski definition) is 1. The molecular formula is C15H20N4O2. The van der Waals surface area contributed by atoms with Crippen LogP contribution in [0.25, 0.3) is 0 Å². The van der Waals surface area contributed by atoms with Gasteiger partial charge in [-0.05, 0) is 37.3 Å². The van der Waals surface area contributed by atoms with Crippen LogP contribution in [0.4, 0.5) is 10.5 Å². The third kappa shape index (κ3) is 3.75. The number of rotatable bonds is 5. The number of urea groups is 1. The smallest absolute Gasteiger partial charge is 0.321 e. The molecule has 1 N–H and O–H groups in total. The van der Waals surface area contributed by atoms with Crippen LogP contribution in [0, 0.1) is 0 Å². The molecule has 21 heavy (non-hydrogen) atoms. The van der Waals surface area contributed by atoms with E-state index in [9.17, 15) is 4.79 Å². The maximum absolute atomic E-state index is 12.1. The Morgan fingerprint density at radius 2 is 2.05 bits per heavy atom. The SMILES string of the molecule is CCn1nccc1CN(C)C(=O)Nc1ccc(OC)cc1. The van der Waals surface area contributed by atoms with Gasteiger partial charge in [-0.25, -0.2) is 4.79 Å². The predicted molar refractivity (Wildman–Crippen MR) is 81.4 cm³/mol. The Kier molecular flexibility index (Phi) is 4.81. The predicted octanol–water partition coefficient (Wildman–Crippen LogP) is 2.58. The number of nitrogens with one attached hydrogen (secondary N) is 1. The van der Waals surface area contributed by atoms with Crippen LogP contribution in [0.2, 0.25) is 0 Å². The Bertz CT molecular complexity index is 592. The molecule has 0 aliphatic rings. The minimum atomic E-state index is -0.163. The number of amides is 2. The van der Waals surface area contributed by atoms with Gasteiger partial charge in [-0.2, -0.15) is 5.10 Å². The van der Waals surface area contributed by atoms with Crippen molar-refractivity contribution in [2.45, 2.75) is 20.0 Å². The van der Waals surface area contributed by atoms with Crippen molar-refractivity contribution in [1.82, 2.24) is 14.7 Å². The summed E-state index contributed by atoms with van der Waals surface area (Å²) in [6, 6.07) is 8.98. The number of hydrogen-bond acceptors (Lipinski definition) is 3. The van der Waals surface area contributed by atoms with Gasteiger partial charge in [0.15, 0.2) is 0 Å². The van der Waals surface area contributed by atoms with Crippen molar-refractivity contribution in [3.63, 3.8) is 0 Å². The Morgan fingerprint density at radius 3 is 2.67 bits per heavy atom. The quantitative estimate of drug-likeness (QED) is 0.920. The van der Waals surface area contributed by atoms with Crippen LogP contribution in [-0.2, 0) is 13.1 Å². The summed E-state index contributed by atoms with van der Waals surface area (Å²) in [6.07, 6.45) is 1.74. The van der Waals surface area contributed by atoms with Crippen molar-refractivity contribution in [1.29, 1.82) is 0 Å². The fourth-order valence-corrected chi connectivity index (χ4v) is 1.99. The minimum absolute atomic E-state index is 0.163. The van der Waals surface area contributed by atoms with Crippen molar-refractivity contribution >= 4 is 11.7 Å². The zero-order chi connectivity index (χ0) is 15.2. The van der Waals surface area contributed by atoms with Crippen LogP contribution in [0.1, 0.15) is 12.6 Å². The first kappa shape index (κ1) is 14.9. The van der Waals surface area contributed by atoms with E-state index in [1.807, 2.05) is 29.8 Å². The van der Waals surface area contributed by atoms with Crippen molar-refractivity contribution in [3.05, 3.63) is 42.2 Å². The molecule has 0 unspecified atom stereocenters. The lowest BCUT2D eigenvalue weighted by Gasteiger charge is -2.18. The van der Waals surface area contributed by atoms with E-state index in [0.717, 1.165) is 23.7 Å². The maximum atomic E-state index is 12.1. The van der Waals surface area contributed by atoms with Gasteiger partial charge in [-0.15, -0.1) is 0 Å². The van der Waals surface area contributed by atoms with Gasteiger partial charge in [0, 0.05) is 25.5 Å². The lowest BCUT2D eigenvalue weighted by atomic mass is 10.3. The summed E-state index contributed by atoms with van der Waals surface area (Å²) in [7, 11) is 3.37. The monoisotopic (exact) mass is 288 g/mol. The summed E-state index contributed by atoms with van der Waals surface area (Å²) in [5, 5.41) is 7.04. The fourth-order valence-electron chi connectivity index (χ4n) is 1.99. The normalized spacial score (nSPS) is 10.2. The zero-order valence-corrected chi connectivity index (χ0v) is 12.5. The number of benzene rings is 1. The minimum Gasteiger partial charge on any atom is -0.497 e. The molecule has 0 aliphatic heterocycles. The molecule has 0 fully saturated rings. The van der Waals surface area contributed by atoms with Crippen molar-refractivity contribution < 1.29 is 9.53 Å². The molecule has 0 atom stereocenters. The van der Waals surface area contributed by atoms with E-state index in [1.54, 1.807) is 37.4 Å². The number of carbonyl (C=O) groups excluding carboxylic acids is 1. The Morgan fingerprint density at radius 1 is 1.33 bits per heavy atom. The highest BCUT2D eigenvalue weighted by Crippen LogP contribution is 2.15. The van der Waals surface area contributed by atoms with Crippen LogP contribution in [0.3, 0.4) is 0 Å². The van der Waals surface area contributed by atoms with Crippen molar-refractivity contribution in [2.24, 2.45) is 0 Å². The molecule has 0 saturated carbocycles. The molecule has 2 rings (SSSR count). The lowest BCUT2D eigenvalue weighted by molar-refractivity contribution is 0.219. The summed E-state index contributed by atoms with van der Waals surface area (Å²) in [5.41, 5.74) is 1.74. The van der Waals surface area contributed by atoms with Crippen molar-refractivity contribution in [2.75, 3.05) is 19.5 Å². The van der Waals surface area contributed by atoms with Gasteiger partial charge >= 0.3 is 6.03 Å². The second kappa shape index (κ2) is 6.78. The molecule has 0 spiro atoms. The number of aryl methyl sites for hydroxylation is 1. The Balaban J connectivity index is 1.95. The molecule has 6 nitrogen and oxygen atoms in total. The second-order valence-electron chi connectivity index (χ2n) is 4.65. The maximum Gasteiger partial charge on any atom is 0.321 e. The molecule has 0 radical (unpaired) electrons. The number of ether oxygens (including phenoxy) is 1. The van der Waals surface area contributed by atoms with E-state index in [4.69, 9.17) is 4.74 Å². The van der Waals surface area contributed by atoms with Gasteiger partial charge in [-0.1, -0.05) is 0 Å². The summed E-state index contributed by atoms with van der Waals surface area (Å²) in [6.45, 7) is 3.32. The van der Waals surface area contributed by atoms with E-state index in [0.29, 0.717) is 6.54 Å². The first-order valence-electron chi connectivity index (χ1n) is 6.81. The van der Waals surface area contributed by atoms with Gasteiger partial charge in [0.2, 0.25) is 0 Å². The van der Waals surface area contributed by atoms with Gasteiger partial charge in [0.25, 0.3) is 0 Å². The highest BCUT2D eigenvalue weighted by molar-refractivity contribution is 5.89. The molecule has 0 bridgehead atoms. The summed E-state index contributed by atoms with van der Waals surface area (Å²) in [5.74, 6) is 0.758. The third-order valence-electron chi connectivity index (χ3n) is 3.19. The number of methoxy groups -OCH3 is 1. The second-order valence-corrected chi connectivity index (χ2v) is 4.65. The standard InChI is InChI=1S/C15H20N4O2/c1-4-19-13(9-10-16-19)11-18(2)15(20)17-12-5-7-14(21-3)8-6-12/h5-10H,4,11H2,1-3H3,(H,17,20). The summed E-state index contributed by atoms with van der Waals surface area (Å²) < 4.78 is 6.96. The van der Waals surface area contributed by atoms with Crippen molar-refractivity contribution in [3.8, 4) is 5.75 Å². The average Bonchev–Trinajstić information content (AvgIpc) is 2.95. The fraction of sp³-hybridized carbons (Fsp3) is 0.333. The molecule has 0 saturated heterocycles. The van der Waals surface area contributed by atoms with E-state index in [2.05, 4.69) is 10.4 Å². The molecule has 2 aromatic rings. The van der Waals surface area contributed by atoms with Gasteiger partial charge in [0.1, 0.15) is 5.75 Å². The molecule has 2 amide bonds. The molecule has 0 aliphatic carbocycles. The number of aromatic nitrogens is 2. The zero-order valence-electron chi connectivity index (χ0n) is 12.5. The average molecular weight is 288 g/mol. The van der Waals surface area contributed by atoms with Gasteiger partial charge in [-0.3, -0.25) is 4.68 Å². The Hall–Kier alpha value is -2.50. The van der Waals surface area contributed by atoms with Gasteiger partial charge in [0.05, 0.1) is 19.3 Å². The molecule has 6 heteroatoms. The molecule has 1 aromatic heterocycles. The highest BCUT2D eigenvalue weighted by atomic mass is 16.5. The third-order valence-corrected chi connectivity index (χ3v) is 3.19. The first-order chi connectivity index (χ1) is 10.1. The van der Waals surface area contributed by atoms with Crippen LogP contribution in [-0.4, -0.2) is 34.9 Å². The largest absolute Gasteiger partial charge is 0.497 e. The van der Waals surface area contributed by atoms with E-state index < -0.39 is 0 Å². The molecule has 1 aromatic carbocycles.